The number of amides is 1. The molecule has 0 aliphatic carbocycles. The van der Waals surface area contributed by atoms with E-state index in [0.29, 0.717) is 24.0 Å². The van der Waals surface area contributed by atoms with Crippen LogP contribution >= 0.6 is 0 Å². The Morgan fingerprint density at radius 3 is 2.47 bits per heavy atom. The van der Waals surface area contributed by atoms with Crippen LogP contribution in [-0.4, -0.2) is 40.2 Å². The highest BCUT2D eigenvalue weighted by atomic mass is 32.2. The number of sulfonamides is 1. The van der Waals surface area contributed by atoms with Crippen LogP contribution in [0.1, 0.15) is 17.5 Å². The molecule has 0 aliphatic rings. The summed E-state index contributed by atoms with van der Waals surface area (Å²) < 4.78 is 25.6. The molecule has 2 heterocycles. The third-order valence-corrected chi connectivity index (χ3v) is 6.33. The molecule has 0 saturated heterocycles. The predicted molar refractivity (Wildman–Crippen MR) is 127 cm³/mol. The van der Waals surface area contributed by atoms with E-state index in [1.807, 2.05) is 31.2 Å². The lowest BCUT2D eigenvalue weighted by Crippen LogP contribution is -2.29. The Morgan fingerprint density at radius 1 is 1.09 bits per heavy atom. The van der Waals surface area contributed by atoms with Gasteiger partial charge in [0.05, 0.1) is 23.1 Å². The van der Waals surface area contributed by atoms with Gasteiger partial charge in [-0.15, -0.1) is 0 Å². The molecule has 34 heavy (non-hydrogen) atoms. The van der Waals surface area contributed by atoms with Crippen molar-refractivity contribution in [2.75, 3.05) is 6.54 Å². The second kappa shape index (κ2) is 9.57. The minimum Gasteiger partial charge on any atom is -0.356 e. The predicted octanol–water partition coefficient (Wildman–Crippen LogP) is 1.29. The zero-order valence-corrected chi connectivity index (χ0v) is 19.3. The number of carbonyl (C=O) groups is 1. The number of aryl methyl sites for hydroxylation is 2. The Labute approximate surface area is 196 Å². The SMILES string of the molecule is Cc1ccc(-n2ncc3c(=O)n(CCC(=O)NCCc4ccc(S(N)(=O)=O)cc4)cnc32)cc1. The molecule has 3 N–H and O–H groups in total. The second-order valence-electron chi connectivity index (χ2n) is 7.91. The molecule has 0 unspecified atom stereocenters. The summed E-state index contributed by atoms with van der Waals surface area (Å²) in [5.74, 6) is -0.205. The Hall–Kier alpha value is -3.83. The van der Waals surface area contributed by atoms with Crippen LogP contribution in [-0.2, 0) is 27.8 Å². The van der Waals surface area contributed by atoms with Gasteiger partial charge in [-0.1, -0.05) is 29.8 Å². The van der Waals surface area contributed by atoms with Crippen LogP contribution in [0.2, 0.25) is 0 Å². The van der Waals surface area contributed by atoms with Gasteiger partial charge in [-0.2, -0.15) is 5.10 Å². The van der Waals surface area contributed by atoms with Gasteiger partial charge >= 0.3 is 0 Å². The van der Waals surface area contributed by atoms with Crippen molar-refractivity contribution in [1.82, 2.24) is 24.6 Å². The maximum absolute atomic E-state index is 12.8. The number of primary sulfonamides is 1. The average molecular weight is 481 g/mol. The first kappa shape index (κ1) is 23.3. The van der Waals surface area contributed by atoms with E-state index in [-0.39, 0.29) is 29.3 Å². The number of benzene rings is 2. The van der Waals surface area contributed by atoms with E-state index in [4.69, 9.17) is 5.14 Å². The molecule has 2 aromatic carbocycles. The van der Waals surface area contributed by atoms with Crippen molar-refractivity contribution in [1.29, 1.82) is 0 Å². The van der Waals surface area contributed by atoms with Gasteiger partial charge in [0.2, 0.25) is 15.9 Å². The van der Waals surface area contributed by atoms with E-state index in [2.05, 4.69) is 15.4 Å². The van der Waals surface area contributed by atoms with Crippen molar-refractivity contribution in [2.24, 2.45) is 5.14 Å². The van der Waals surface area contributed by atoms with Crippen molar-refractivity contribution >= 4 is 27.0 Å². The van der Waals surface area contributed by atoms with Crippen LogP contribution < -0.4 is 16.0 Å². The van der Waals surface area contributed by atoms with Gasteiger partial charge in [-0.05, 0) is 43.2 Å². The van der Waals surface area contributed by atoms with Crippen molar-refractivity contribution in [2.45, 2.75) is 31.2 Å². The fourth-order valence-corrected chi connectivity index (χ4v) is 4.00. The topological polar surface area (TPSA) is 142 Å². The van der Waals surface area contributed by atoms with Crippen LogP contribution in [0.15, 0.2) is 70.7 Å². The lowest BCUT2D eigenvalue weighted by Gasteiger charge is -2.08. The normalized spacial score (nSPS) is 11.6. The third kappa shape index (κ3) is 5.21. The zero-order valence-electron chi connectivity index (χ0n) is 18.5. The molecule has 4 aromatic rings. The smallest absolute Gasteiger partial charge is 0.264 e. The standard InChI is InChI=1S/C23H24N6O4S/c1-16-2-6-18(7-3-16)29-22-20(14-27-29)23(31)28(15-26-22)13-11-21(30)25-12-10-17-4-8-19(9-5-17)34(24,32)33/h2-9,14-15H,10-13H2,1H3,(H,25,30)(H2,24,32,33). The molecule has 176 valence electrons. The highest BCUT2D eigenvalue weighted by Crippen LogP contribution is 2.14. The average Bonchev–Trinajstić information content (AvgIpc) is 3.24. The van der Waals surface area contributed by atoms with Crippen LogP contribution in [0.5, 0.6) is 0 Å². The molecule has 1 amide bonds. The van der Waals surface area contributed by atoms with Crippen molar-refractivity contribution in [3.63, 3.8) is 0 Å². The number of aromatic nitrogens is 4. The molecule has 0 radical (unpaired) electrons. The first-order valence-electron chi connectivity index (χ1n) is 10.6. The van der Waals surface area contributed by atoms with E-state index >= 15 is 0 Å². The monoisotopic (exact) mass is 480 g/mol. The second-order valence-corrected chi connectivity index (χ2v) is 9.47. The van der Waals surface area contributed by atoms with Gasteiger partial charge in [0.25, 0.3) is 5.56 Å². The fraction of sp³-hybridized carbons (Fsp3) is 0.217. The Bertz CT molecular complexity index is 1490. The number of nitrogens with zero attached hydrogens (tertiary/aromatic N) is 4. The van der Waals surface area contributed by atoms with Gasteiger partial charge in [-0.3, -0.25) is 14.2 Å². The molecule has 4 rings (SSSR count). The molecule has 10 nitrogen and oxygen atoms in total. The third-order valence-electron chi connectivity index (χ3n) is 5.40. The van der Waals surface area contributed by atoms with Gasteiger partial charge in [-0.25, -0.2) is 23.2 Å². The molecule has 11 heteroatoms. The Morgan fingerprint density at radius 2 is 1.79 bits per heavy atom. The maximum atomic E-state index is 12.8. The van der Waals surface area contributed by atoms with Crippen LogP contribution in [0.3, 0.4) is 0 Å². The Kier molecular flexibility index (Phi) is 6.57. The zero-order chi connectivity index (χ0) is 24.3. The number of nitrogens with two attached hydrogens (primary N) is 1. The summed E-state index contributed by atoms with van der Waals surface area (Å²) in [7, 11) is -3.73. The van der Waals surface area contributed by atoms with Gasteiger partial charge < -0.3 is 5.32 Å². The molecule has 0 bridgehead atoms. The van der Waals surface area contributed by atoms with Crippen molar-refractivity contribution < 1.29 is 13.2 Å². The van der Waals surface area contributed by atoms with Crippen LogP contribution in [0.4, 0.5) is 0 Å². The molecule has 2 aromatic heterocycles. The molecule has 0 spiro atoms. The molecule has 0 aliphatic heterocycles. The fourth-order valence-electron chi connectivity index (χ4n) is 3.49. The largest absolute Gasteiger partial charge is 0.356 e. The number of hydrogen-bond donors (Lipinski definition) is 2. The quantitative estimate of drug-likeness (QED) is 0.389. The number of rotatable bonds is 8. The lowest BCUT2D eigenvalue weighted by atomic mass is 10.1. The lowest BCUT2D eigenvalue weighted by molar-refractivity contribution is -0.121. The highest BCUT2D eigenvalue weighted by Gasteiger charge is 2.12. The van der Waals surface area contributed by atoms with E-state index < -0.39 is 10.0 Å². The van der Waals surface area contributed by atoms with Crippen LogP contribution in [0, 0.1) is 6.92 Å². The number of carbonyl (C=O) groups excluding carboxylic acids is 1. The van der Waals surface area contributed by atoms with Crippen molar-refractivity contribution in [3.05, 3.63) is 82.5 Å². The van der Waals surface area contributed by atoms with Crippen molar-refractivity contribution in [3.8, 4) is 5.69 Å². The first-order chi connectivity index (χ1) is 16.2. The Balaban J connectivity index is 1.34. The number of nitrogens with one attached hydrogen (secondary N) is 1. The number of hydrogen-bond acceptors (Lipinski definition) is 6. The van der Waals surface area contributed by atoms with E-state index in [9.17, 15) is 18.0 Å². The van der Waals surface area contributed by atoms with E-state index in [1.165, 1.54) is 29.2 Å². The number of fused-ring (bicyclic) bond motifs is 1. The van der Waals surface area contributed by atoms with E-state index in [0.717, 1.165) is 16.8 Å². The summed E-state index contributed by atoms with van der Waals surface area (Å²) in [5.41, 5.74) is 3.00. The van der Waals surface area contributed by atoms with E-state index in [1.54, 1.807) is 16.8 Å². The maximum Gasteiger partial charge on any atom is 0.264 e. The molecular formula is C23H24N6O4S. The minimum atomic E-state index is -3.73. The minimum absolute atomic E-state index is 0.0423. The van der Waals surface area contributed by atoms with Gasteiger partial charge in [0.1, 0.15) is 5.39 Å². The molecule has 0 atom stereocenters. The summed E-state index contributed by atoms with van der Waals surface area (Å²) in [6.45, 7) is 2.56. The highest BCUT2D eigenvalue weighted by molar-refractivity contribution is 7.89. The van der Waals surface area contributed by atoms with Gasteiger partial charge in [0.15, 0.2) is 5.65 Å². The summed E-state index contributed by atoms with van der Waals surface area (Å²) >= 11 is 0. The summed E-state index contributed by atoms with van der Waals surface area (Å²) in [6, 6.07) is 13.9. The molecule has 0 fully saturated rings. The summed E-state index contributed by atoms with van der Waals surface area (Å²) in [6.07, 6.45) is 3.56. The van der Waals surface area contributed by atoms with Gasteiger partial charge in [0, 0.05) is 19.5 Å². The molecule has 0 saturated carbocycles. The summed E-state index contributed by atoms with van der Waals surface area (Å²) in [5, 5.41) is 12.6. The van der Waals surface area contributed by atoms with Crippen LogP contribution in [0.25, 0.3) is 16.7 Å². The summed E-state index contributed by atoms with van der Waals surface area (Å²) in [4.78, 5) is 29.5. The first-order valence-corrected chi connectivity index (χ1v) is 12.2. The molecular weight excluding hydrogens is 456 g/mol.